The summed E-state index contributed by atoms with van der Waals surface area (Å²) in [7, 11) is 0. The number of aryl methyl sites for hydroxylation is 1. The van der Waals surface area contributed by atoms with Crippen molar-refractivity contribution in [3.05, 3.63) is 99.6 Å². The van der Waals surface area contributed by atoms with Crippen LogP contribution in [-0.2, 0) is 5.41 Å². The number of nitrogens with one attached hydrogen (secondary N) is 1. The maximum absolute atomic E-state index is 14.6. The van der Waals surface area contributed by atoms with Crippen LogP contribution in [0.1, 0.15) is 58.1 Å². The van der Waals surface area contributed by atoms with Crippen molar-refractivity contribution in [3.63, 3.8) is 0 Å². The van der Waals surface area contributed by atoms with Crippen LogP contribution in [0, 0.1) is 6.92 Å². The number of imide groups is 2. The standard InChI is InChI=1S/C26H14F6N2O4/c1-12-2-6-15(7-3-12)34-22(37)17-9-5-14(11-19(17)23(34)38)24(25(27,28)29,26(30,31)32)13-4-8-16-18(10-13)21(36)33-20(16)35/h2-11H,1H3,(H,33,35,36). The molecule has 0 unspecified atom stereocenters. The number of carbonyl (C=O) groups is 4. The lowest BCUT2D eigenvalue weighted by Crippen LogP contribution is -2.55. The summed E-state index contributed by atoms with van der Waals surface area (Å²) in [6, 6.07) is 9.19. The zero-order valence-corrected chi connectivity index (χ0v) is 19.1. The molecule has 2 aliphatic heterocycles. The van der Waals surface area contributed by atoms with Gasteiger partial charge in [-0.3, -0.25) is 24.5 Å². The summed E-state index contributed by atoms with van der Waals surface area (Å²) in [4.78, 5) is 50.5. The summed E-state index contributed by atoms with van der Waals surface area (Å²) in [5.41, 5.74) is -8.61. The predicted molar refractivity (Wildman–Crippen MR) is 120 cm³/mol. The molecule has 1 N–H and O–H groups in total. The van der Waals surface area contributed by atoms with Gasteiger partial charge in [-0.2, -0.15) is 26.3 Å². The number of nitrogens with zero attached hydrogens (tertiary/aromatic N) is 1. The minimum absolute atomic E-state index is 0.0931. The molecule has 3 aromatic rings. The third-order valence-electron chi connectivity index (χ3n) is 6.63. The number of carbonyl (C=O) groups excluding carboxylic acids is 4. The molecule has 0 radical (unpaired) electrons. The van der Waals surface area contributed by atoms with Gasteiger partial charge in [-0.05, 0) is 54.4 Å². The van der Waals surface area contributed by atoms with Gasteiger partial charge in [0.2, 0.25) is 5.41 Å². The van der Waals surface area contributed by atoms with E-state index in [9.17, 15) is 45.5 Å². The summed E-state index contributed by atoms with van der Waals surface area (Å²) in [5, 5.41) is 1.82. The first kappa shape index (κ1) is 25.2. The van der Waals surface area contributed by atoms with Gasteiger partial charge in [0.05, 0.1) is 27.9 Å². The summed E-state index contributed by atoms with van der Waals surface area (Å²) in [5.74, 6) is -4.10. The Morgan fingerprint density at radius 2 is 1.08 bits per heavy atom. The Morgan fingerprint density at radius 1 is 0.605 bits per heavy atom. The zero-order chi connectivity index (χ0) is 27.8. The highest BCUT2D eigenvalue weighted by molar-refractivity contribution is 6.34. The van der Waals surface area contributed by atoms with Gasteiger partial charge in [0, 0.05) is 0 Å². The van der Waals surface area contributed by atoms with Crippen LogP contribution in [0.3, 0.4) is 0 Å². The predicted octanol–water partition coefficient (Wildman–Crippen LogP) is 5.09. The van der Waals surface area contributed by atoms with E-state index in [0.717, 1.165) is 11.6 Å². The molecule has 5 rings (SSSR count). The molecular formula is C26H14F6N2O4. The lowest BCUT2D eigenvalue weighted by atomic mass is 9.71. The molecule has 194 valence electrons. The quantitative estimate of drug-likeness (QED) is 0.377. The molecule has 2 aliphatic rings. The molecule has 0 atom stereocenters. The molecule has 0 aliphatic carbocycles. The van der Waals surface area contributed by atoms with Gasteiger partial charge < -0.3 is 0 Å². The third-order valence-corrected chi connectivity index (χ3v) is 6.63. The van der Waals surface area contributed by atoms with Gasteiger partial charge in [-0.25, -0.2) is 4.90 Å². The number of amides is 4. The number of alkyl halides is 6. The van der Waals surface area contributed by atoms with Crippen LogP contribution in [0.15, 0.2) is 60.7 Å². The highest BCUT2D eigenvalue weighted by Gasteiger charge is 2.73. The number of anilines is 1. The molecule has 0 fully saturated rings. The van der Waals surface area contributed by atoms with Gasteiger partial charge in [-0.15, -0.1) is 0 Å². The lowest BCUT2D eigenvalue weighted by Gasteiger charge is -2.38. The van der Waals surface area contributed by atoms with E-state index in [1.54, 1.807) is 19.1 Å². The summed E-state index contributed by atoms with van der Waals surface area (Å²) in [6.07, 6.45) is -12.0. The first-order valence-electron chi connectivity index (χ1n) is 10.9. The normalized spacial score (nSPS) is 15.6. The van der Waals surface area contributed by atoms with Crippen molar-refractivity contribution in [2.75, 3.05) is 4.90 Å². The van der Waals surface area contributed by atoms with Gasteiger partial charge in [-0.1, -0.05) is 29.8 Å². The Kier molecular flexibility index (Phi) is 5.31. The van der Waals surface area contributed by atoms with Gasteiger partial charge in [0.15, 0.2) is 0 Å². The number of hydrogen-bond donors (Lipinski definition) is 1. The van der Waals surface area contributed by atoms with Crippen molar-refractivity contribution in [1.82, 2.24) is 5.32 Å². The number of hydrogen-bond acceptors (Lipinski definition) is 4. The van der Waals surface area contributed by atoms with Crippen LogP contribution in [0.2, 0.25) is 0 Å². The first-order valence-corrected chi connectivity index (χ1v) is 10.9. The Labute approximate surface area is 209 Å². The fraction of sp³-hybridized carbons (Fsp3) is 0.154. The van der Waals surface area contributed by atoms with E-state index in [0.29, 0.717) is 35.2 Å². The minimum atomic E-state index is -6.02. The van der Waals surface area contributed by atoms with Crippen molar-refractivity contribution >= 4 is 29.3 Å². The number of fused-ring (bicyclic) bond motifs is 2. The van der Waals surface area contributed by atoms with Crippen molar-refractivity contribution in [2.24, 2.45) is 0 Å². The van der Waals surface area contributed by atoms with Crippen LogP contribution in [0.5, 0.6) is 0 Å². The highest BCUT2D eigenvalue weighted by atomic mass is 19.4. The van der Waals surface area contributed by atoms with Crippen molar-refractivity contribution in [3.8, 4) is 0 Å². The second-order valence-corrected chi connectivity index (χ2v) is 8.83. The fourth-order valence-corrected chi connectivity index (χ4v) is 4.79. The molecule has 12 heteroatoms. The second-order valence-electron chi connectivity index (χ2n) is 8.83. The average Bonchev–Trinajstić information content (AvgIpc) is 3.25. The second kappa shape index (κ2) is 8.01. The van der Waals surface area contributed by atoms with Crippen molar-refractivity contribution < 1.29 is 45.5 Å². The van der Waals surface area contributed by atoms with Crippen LogP contribution >= 0.6 is 0 Å². The van der Waals surface area contributed by atoms with Crippen molar-refractivity contribution in [1.29, 1.82) is 0 Å². The van der Waals surface area contributed by atoms with E-state index in [1.165, 1.54) is 12.1 Å². The van der Waals surface area contributed by atoms with Gasteiger partial charge in [0.1, 0.15) is 0 Å². The lowest BCUT2D eigenvalue weighted by molar-refractivity contribution is -0.288. The van der Waals surface area contributed by atoms with Gasteiger partial charge >= 0.3 is 12.4 Å². The number of rotatable bonds is 3. The molecule has 0 saturated heterocycles. The molecule has 2 heterocycles. The van der Waals surface area contributed by atoms with Crippen LogP contribution in [0.25, 0.3) is 0 Å². The average molecular weight is 532 g/mol. The Hall–Kier alpha value is -4.48. The Balaban J connectivity index is 1.73. The maximum Gasteiger partial charge on any atom is 0.411 e. The summed E-state index contributed by atoms with van der Waals surface area (Å²) >= 11 is 0. The largest absolute Gasteiger partial charge is 0.411 e. The van der Waals surface area contributed by atoms with Crippen LogP contribution in [0.4, 0.5) is 32.0 Å². The molecule has 0 aromatic heterocycles. The monoisotopic (exact) mass is 532 g/mol. The third kappa shape index (κ3) is 3.36. The Morgan fingerprint density at radius 3 is 1.63 bits per heavy atom. The molecule has 6 nitrogen and oxygen atoms in total. The van der Waals surface area contributed by atoms with Crippen molar-refractivity contribution in [2.45, 2.75) is 24.7 Å². The van der Waals surface area contributed by atoms with Gasteiger partial charge in [0.25, 0.3) is 23.6 Å². The summed E-state index contributed by atoms with van der Waals surface area (Å²) in [6.45, 7) is 1.74. The molecule has 0 spiro atoms. The van der Waals surface area contributed by atoms with Crippen LogP contribution in [-0.4, -0.2) is 36.0 Å². The fourth-order valence-electron chi connectivity index (χ4n) is 4.79. The smallest absolute Gasteiger partial charge is 0.288 e. The molecule has 4 amide bonds. The molecule has 0 bridgehead atoms. The highest BCUT2D eigenvalue weighted by Crippen LogP contribution is 2.57. The molecule has 38 heavy (non-hydrogen) atoms. The van der Waals surface area contributed by atoms with E-state index in [2.05, 4.69) is 0 Å². The number of benzene rings is 3. The number of halogens is 6. The summed E-state index contributed by atoms with van der Waals surface area (Å²) < 4.78 is 87.7. The van der Waals surface area contributed by atoms with Crippen LogP contribution < -0.4 is 10.2 Å². The SMILES string of the molecule is Cc1ccc(N2C(=O)c3ccc(C(c4ccc5c(c4)C(=O)NC5=O)(C(F)(F)F)C(F)(F)F)cc3C2=O)cc1. The molecule has 0 saturated carbocycles. The molecule has 3 aromatic carbocycles. The van der Waals surface area contributed by atoms with E-state index < -0.39 is 63.7 Å². The van der Waals surface area contributed by atoms with E-state index >= 15 is 0 Å². The van der Waals surface area contributed by atoms with E-state index in [4.69, 9.17) is 0 Å². The van der Waals surface area contributed by atoms with E-state index in [-0.39, 0.29) is 16.8 Å². The van der Waals surface area contributed by atoms with E-state index in [1.807, 2.05) is 5.32 Å². The first-order chi connectivity index (χ1) is 17.7. The zero-order valence-electron chi connectivity index (χ0n) is 19.1. The topological polar surface area (TPSA) is 83.6 Å². The molecular weight excluding hydrogens is 518 g/mol. The maximum atomic E-state index is 14.6. The Bertz CT molecular complexity index is 1540. The minimum Gasteiger partial charge on any atom is -0.288 e.